The lowest BCUT2D eigenvalue weighted by Gasteiger charge is -2.14. The lowest BCUT2D eigenvalue weighted by Crippen LogP contribution is -2.17. The van der Waals surface area contributed by atoms with E-state index >= 15 is 0 Å². The predicted octanol–water partition coefficient (Wildman–Crippen LogP) is 3.32. The molecule has 0 fully saturated rings. The maximum atomic E-state index is 6.27. The Kier molecular flexibility index (Phi) is 5.04. The van der Waals surface area contributed by atoms with Gasteiger partial charge in [0.15, 0.2) is 0 Å². The maximum absolute atomic E-state index is 6.27. The van der Waals surface area contributed by atoms with Crippen LogP contribution in [0.3, 0.4) is 0 Å². The van der Waals surface area contributed by atoms with Crippen LogP contribution in [0.4, 0.5) is 0 Å². The molecule has 1 aromatic heterocycles. The van der Waals surface area contributed by atoms with Crippen molar-refractivity contribution in [3.63, 3.8) is 0 Å². The van der Waals surface area contributed by atoms with Crippen molar-refractivity contribution in [3.05, 3.63) is 46.7 Å². The lowest BCUT2D eigenvalue weighted by molar-refractivity contribution is 0.306. The average Bonchev–Trinajstić information content (AvgIpc) is 2.83. The zero-order valence-electron chi connectivity index (χ0n) is 12.1. The van der Waals surface area contributed by atoms with Gasteiger partial charge in [0.1, 0.15) is 12.4 Å². The largest absolute Gasteiger partial charge is 0.487 e. The van der Waals surface area contributed by atoms with Gasteiger partial charge in [-0.25, -0.2) is 0 Å². The lowest BCUT2D eigenvalue weighted by atomic mass is 10.1. The molecule has 1 unspecified atom stereocenters. The van der Waals surface area contributed by atoms with Gasteiger partial charge in [0, 0.05) is 24.8 Å². The zero-order chi connectivity index (χ0) is 14.5. The minimum atomic E-state index is 0.282. The quantitative estimate of drug-likeness (QED) is 0.888. The van der Waals surface area contributed by atoms with Gasteiger partial charge in [-0.05, 0) is 31.2 Å². The van der Waals surface area contributed by atoms with Crippen molar-refractivity contribution in [2.75, 3.05) is 6.54 Å². The molecule has 0 spiro atoms. The molecule has 0 amide bonds. The molecule has 1 aromatic carbocycles. The van der Waals surface area contributed by atoms with Crippen LogP contribution in [0.15, 0.2) is 30.6 Å². The van der Waals surface area contributed by atoms with Gasteiger partial charge in [-0.2, -0.15) is 5.10 Å². The fourth-order valence-corrected chi connectivity index (χ4v) is 2.28. The van der Waals surface area contributed by atoms with E-state index in [0.29, 0.717) is 17.4 Å². The molecule has 0 bridgehead atoms. The van der Waals surface area contributed by atoms with Crippen molar-refractivity contribution in [2.24, 2.45) is 7.05 Å². The van der Waals surface area contributed by atoms with E-state index in [4.69, 9.17) is 16.3 Å². The highest BCUT2D eigenvalue weighted by Gasteiger charge is 2.08. The summed E-state index contributed by atoms with van der Waals surface area (Å²) in [6.45, 7) is 5.60. The number of aromatic nitrogens is 2. The maximum Gasteiger partial charge on any atom is 0.138 e. The SMILES string of the molecule is CCNC(C)c1ccc(OCc2cnn(C)c2)c(Cl)c1. The Morgan fingerprint density at radius 3 is 2.85 bits per heavy atom. The first kappa shape index (κ1) is 14.9. The third-order valence-electron chi connectivity index (χ3n) is 3.12. The number of halogens is 1. The van der Waals surface area contributed by atoms with Crippen LogP contribution in [-0.2, 0) is 13.7 Å². The average molecular weight is 294 g/mol. The minimum Gasteiger partial charge on any atom is -0.487 e. The number of rotatable bonds is 6. The van der Waals surface area contributed by atoms with Crippen molar-refractivity contribution in [1.29, 1.82) is 0 Å². The van der Waals surface area contributed by atoms with Crippen molar-refractivity contribution < 1.29 is 4.74 Å². The molecule has 0 saturated carbocycles. The first-order valence-electron chi connectivity index (χ1n) is 6.73. The van der Waals surface area contributed by atoms with Gasteiger partial charge in [-0.15, -0.1) is 0 Å². The number of benzene rings is 1. The van der Waals surface area contributed by atoms with Gasteiger partial charge in [0.2, 0.25) is 0 Å². The summed E-state index contributed by atoms with van der Waals surface area (Å²) < 4.78 is 7.48. The number of ether oxygens (including phenoxy) is 1. The Hall–Kier alpha value is -1.52. The van der Waals surface area contributed by atoms with E-state index in [2.05, 4.69) is 24.3 Å². The Bertz CT molecular complexity index is 568. The van der Waals surface area contributed by atoms with Crippen LogP contribution < -0.4 is 10.1 Å². The van der Waals surface area contributed by atoms with Crippen molar-refractivity contribution >= 4 is 11.6 Å². The molecule has 108 valence electrons. The van der Waals surface area contributed by atoms with Crippen LogP contribution >= 0.6 is 11.6 Å². The summed E-state index contributed by atoms with van der Waals surface area (Å²) in [6, 6.07) is 6.19. The van der Waals surface area contributed by atoms with E-state index in [1.165, 1.54) is 0 Å². The molecule has 0 radical (unpaired) electrons. The van der Waals surface area contributed by atoms with E-state index in [1.807, 2.05) is 31.4 Å². The highest BCUT2D eigenvalue weighted by molar-refractivity contribution is 6.32. The van der Waals surface area contributed by atoms with Crippen molar-refractivity contribution in [2.45, 2.75) is 26.5 Å². The summed E-state index contributed by atoms with van der Waals surface area (Å²) in [5.41, 5.74) is 2.18. The van der Waals surface area contributed by atoms with E-state index in [-0.39, 0.29) is 6.04 Å². The minimum absolute atomic E-state index is 0.282. The first-order chi connectivity index (χ1) is 9.60. The van der Waals surface area contributed by atoms with Crippen LogP contribution in [0, 0.1) is 0 Å². The Morgan fingerprint density at radius 2 is 2.25 bits per heavy atom. The number of hydrogen-bond acceptors (Lipinski definition) is 3. The van der Waals surface area contributed by atoms with Gasteiger partial charge in [-0.3, -0.25) is 4.68 Å². The number of nitrogens with zero attached hydrogens (tertiary/aromatic N) is 2. The Balaban J connectivity index is 2.02. The molecule has 0 aliphatic rings. The molecule has 4 nitrogen and oxygen atoms in total. The molecule has 0 saturated heterocycles. The first-order valence-corrected chi connectivity index (χ1v) is 7.11. The van der Waals surface area contributed by atoms with E-state index in [1.54, 1.807) is 10.9 Å². The second-order valence-electron chi connectivity index (χ2n) is 4.78. The summed E-state index contributed by atoms with van der Waals surface area (Å²) >= 11 is 6.27. The third-order valence-corrected chi connectivity index (χ3v) is 3.41. The number of hydrogen-bond donors (Lipinski definition) is 1. The highest BCUT2D eigenvalue weighted by atomic mass is 35.5. The smallest absolute Gasteiger partial charge is 0.138 e. The van der Waals surface area contributed by atoms with Crippen LogP contribution in [-0.4, -0.2) is 16.3 Å². The Morgan fingerprint density at radius 1 is 1.45 bits per heavy atom. The van der Waals surface area contributed by atoms with Crippen molar-refractivity contribution in [3.8, 4) is 5.75 Å². The summed E-state index contributed by atoms with van der Waals surface area (Å²) in [5.74, 6) is 0.697. The molecule has 5 heteroatoms. The van der Waals surface area contributed by atoms with Crippen LogP contribution in [0.1, 0.15) is 31.0 Å². The third kappa shape index (κ3) is 3.74. The highest BCUT2D eigenvalue weighted by Crippen LogP contribution is 2.28. The second-order valence-corrected chi connectivity index (χ2v) is 5.19. The van der Waals surface area contributed by atoms with Gasteiger partial charge in [0.25, 0.3) is 0 Å². The normalized spacial score (nSPS) is 12.4. The van der Waals surface area contributed by atoms with E-state index < -0.39 is 0 Å². The molecule has 1 N–H and O–H groups in total. The summed E-state index contributed by atoms with van der Waals surface area (Å²) in [7, 11) is 1.88. The topological polar surface area (TPSA) is 39.1 Å². The van der Waals surface area contributed by atoms with Gasteiger partial charge in [0.05, 0.1) is 11.2 Å². The van der Waals surface area contributed by atoms with Gasteiger partial charge >= 0.3 is 0 Å². The molecule has 1 atom stereocenters. The summed E-state index contributed by atoms with van der Waals surface area (Å²) in [6.07, 6.45) is 3.71. The molecular formula is C15H20ClN3O. The molecule has 20 heavy (non-hydrogen) atoms. The van der Waals surface area contributed by atoms with Crippen LogP contribution in [0.25, 0.3) is 0 Å². The molecule has 0 aliphatic heterocycles. The fraction of sp³-hybridized carbons (Fsp3) is 0.400. The second kappa shape index (κ2) is 6.77. The molecular weight excluding hydrogens is 274 g/mol. The Labute approximate surface area is 124 Å². The number of aryl methyl sites for hydroxylation is 1. The van der Waals surface area contributed by atoms with Crippen LogP contribution in [0.2, 0.25) is 5.02 Å². The summed E-state index contributed by atoms with van der Waals surface area (Å²) in [4.78, 5) is 0. The monoisotopic (exact) mass is 293 g/mol. The predicted molar refractivity (Wildman–Crippen MR) is 81.1 cm³/mol. The number of nitrogens with one attached hydrogen (secondary N) is 1. The zero-order valence-corrected chi connectivity index (χ0v) is 12.8. The van der Waals surface area contributed by atoms with E-state index in [0.717, 1.165) is 17.7 Å². The molecule has 1 heterocycles. The van der Waals surface area contributed by atoms with Crippen LogP contribution in [0.5, 0.6) is 5.75 Å². The molecule has 2 rings (SSSR count). The van der Waals surface area contributed by atoms with E-state index in [9.17, 15) is 0 Å². The summed E-state index contributed by atoms with van der Waals surface area (Å²) in [5, 5.41) is 8.10. The molecule has 0 aliphatic carbocycles. The van der Waals surface area contributed by atoms with Gasteiger partial charge in [-0.1, -0.05) is 24.6 Å². The fourth-order valence-electron chi connectivity index (χ4n) is 2.04. The molecule has 2 aromatic rings. The van der Waals surface area contributed by atoms with Crippen molar-refractivity contribution in [1.82, 2.24) is 15.1 Å². The standard InChI is InChI=1S/C15H20ClN3O/c1-4-17-11(2)13-5-6-15(14(16)7-13)20-10-12-8-18-19(3)9-12/h5-9,11,17H,4,10H2,1-3H3. The van der Waals surface area contributed by atoms with Gasteiger partial charge < -0.3 is 10.1 Å².